The summed E-state index contributed by atoms with van der Waals surface area (Å²) >= 11 is 7.46. The molecule has 0 radical (unpaired) electrons. The topological polar surface area (TPSA) is 85.5 Å². The van der Waals surface area contributed by atoms with Crippen molar-refractivity contribution in [2.45, 2.75) is 42.3 Å². The second-order valence-electron chi connectivity index (χ2n) is 9.31. The van der Waals surface area contributed by atoms with Gasteiger partial charge in [-0.2, -0.15) is 0 Å². The van der Waals surface area contributed by atoms with Crippen LogP contribution in [0.25, 0.3) is 0 Å². The molecule has 1 aliphatic rings. The summed E-state index contributed by atoms with van der Waals surface area (Å²) in [5, 5.41) is 15.1. The van der Waals surface area contributed by atoms with Crippen LogP contribution in [0.4, 0.5) is 11.4 Å². The molecule has 2 aromatic heterocycles. The number of nitro groups is 1. The van der Waals surface area contributed by atoms with Crippen molar-refractivity contribution in [2.75, 3.05) is 18.6 Å². The van der Waals surface area contributed by atoms with Gasteiger partial charge in [0.1, 0.15) is 0 Å². The Kier molecular flexibility index (Phi) is 7.97. The SMILES string of the molecule is COCCn1c(C)cc([C@@H]2[C@@H](c3ccccn3)NC(=S)N2c2ccc(Sc3ccc([N+](=O)[O-])cc3)cc2)c1C. The maximum absolute atomic E-state index is 11.0. The van der Waals surface area contributed by atoms with E-state index >= 15 is 0 Å². The number of methoxy groups -OCH3 is 1. The second-order valence-corrected chi connectivity index (χ2v) is 10.8. The van der Waals surface area contributed by atoms with Gasteiger partial charge in [-0.05, 0) is 86.2 Å². The average Bonchev–Trinajstić information content (AvgIpc) is 3.43. The quantitative estimate of drug-likeness (QED) is 0.144. The summed E-state index contributed by atoms with van der Waals surface area (Å²) in [6.45, 7) is 5.69. The van der Waals surface area contributed by atoms with Gasteiger partial charge in [0.25, 0.3) is 5.69 Å². The van der Waals surface area contributed by atoms with Crippen LogP contribution in [0.1, 0.15) is 34.7 Å². The molecule has 0 bridgehead atoms. The molecular formula is C29H29N5O3S2. The van der Waals surface area contributed by atoms with E-state index in [1.807, 2.05) is 24.4 Å². The van der Waals surface area contributed by atoms with E-state index in [9.17, 15) is 10.1 Å². The van der Waals surface area contributed by atoms with E-state index in [0.29, 0.717) is 11.7 Å². The predicted octanol–water partition coefficient (Wildman–Crippen LogP) is 6.38. The fourth-order valence-electron chi connectivity index (χ4n) is 5.05. The van der Waals surface area contributed by atoms with Crippen LogP contribution in [-0.4, -0.2) is 33.3 Å². The first-order valence-corrected chi connectivity index (χ1v) is 13.8. The highest BCUT2D eigenvalue weighted by Crippen LogP contribution is 2.43. The number of non-ortho nitro benzene ring substituents is 1. The summed E-state index contributed by atoms with van der Waals surface area (Å²) in [5.41, 5.74) is 5.53. The van der Waals surface area contributed by atoms with Gasteiger partial charge >= 0.3 is 0 Å². The molecule has 200 valence electrons. The first-order chi connectivity index (χ1) is 18.9. The van der Waals surface area contributed by atoms with Crippen molar-refractivity contribution in [1.29, 1.82) is 0 Å². The summed E-state index contributed by atoms with van der Waals surface area (Å²) in [6, 6.07) is 22.8. The number of benzene rings is 2. The van der Waals surface area contributed by atoms with Crippen molar-refractivity contribution in [2.24, 2.45) is 0 Å². The molecule has 0 saturated carbocycles. The number of thiocarbonyl (C=S) groups is 1. The maximum Gasteiger partial charge on any atom is 0.269 e. The van der Waals surface area contributed by atoms with E-state index in [2.05, 4.69) is 63.9 Å². The normalized spacial score (nSPS) is 16.9. The number of nitro benzene ring substituents is 1. The molecule has 2 aromatic carbocycles. The summed E-state index contributed by atoms with van der Waals surface area (Å²) < 4.78 is 7.64. The molecule has 1 saturated heterocycles. The third-order valence-corrected chi connectivity index (χ3v) is 8.28. The Bertz CT molecular complexity index is 1470. The Morgan fingerprint density at radius 2 is 1.77 bits per heavy atom. The Morgan fingerprint density at radius 3 is 2.38 bits per heavy atom. The lowest BCUT2D eigenvalue weighted by Crippen LogP contribution is -2.29. The van der Waals surface area contributed by atoms with Crippen LogP contribution in [0.2, 0.25) is 0 Å². The molecular weight excluding hydrogens is 530 g/mol. The predicted molar refractivity (Wildman–Crippen MR) is 157 cm³/mol. The molecule has 8 nitrogen and oxygen atoms in total. The standard InChI is InChI=1S/C29H29N5O3S2/c1-19-18-25(20(2)32(19)16-17-37-3)28-27(26-6-4-5-15-30-26)31-29(38)33(28)21-7-11-23(12-8-21)39-24-13-9-22(10-14-24)34(35)36/h4-15,18,27-28H,16-17H2,1-3H3,(H,31,38)/t27-,28-/m1/s1. The average molecular weight is 560 g/mol. The number of ether oxygens (including phenoxy) is 1. The van der Waals surface area contributed by atoms with Crippen LogP contribution >= 0.6 is 24.0 Å². The van der Waals surface area contributed by atoms with Gasteiger partial charge in [0, 0.05) is 58.9 Å². The summed E-state index contributed by atoms with van der Waals surface area (Å²) in [5.74, 6) is 0. The van der Waals surface area contributed by atoms with Crippen LogP contribution in [0, 0.1) is 24.0 Å². The zero-order valence-electron chi connectivity index (χ0n) is 21.9. The number of nitrogens with one attached hydrogen (secondary N) is 1. The lowest BCUT2D eigenvalue weighted by atomic mass is 9.96. The summed E-state index contributed by atoms with van der Waals surface area (Å²) in [6.07, 6.45) is 1.81. The van der Waals surface area contributed by atoms with Crippen molar-refractivity contribution in [3.8, 4) is 0 Å². The Balaban J connectivity index is 1.48. The number of hydrogen-bond acceptors (Lipinski definition) is 6. The molecule has 1 N–H and O–H groups in total. The van der Waals surface area contributed by atoms with Gasteiger partial charge < -0.3 is 19.5 Å². The Hall–Kier alpha value is -3.73. The number of nitrogens with zero attached hydrogens (tertiary/aromatic N) is 4. The highest BCUT2D eigenvalue weighted by atomic mass is 32.2. The highest BCUT2D eigenvalue weighted by molar-refractivity contribution is 7.99. The van der Waals surface area contributed by atoms with Crippen molar-refractivity contribution >= 4 is 40.5 Å². The van der Waals surface area contributed by atoms with Gasteiger partial charge in [-0.3, -0.25) is 15.1 Å². The van der Waals surface area contributed by atoms with E-state index < -0.39 is 0 Å². The van der Waals surface area contributed by atoms with Crippen LogP contribution in [0.3, 0.4) is 0 Å². The van der Waals surface area contributed by atoms with E-state index in [1.165, 1.54) is 29.1 Å². The minimum atomic E-state index is -0.389. The zero-order valence-corrected chi connectivity index (χ0v) is 23.5. The molecule has 4 aromatic rings. The van der Waals surface area contributed by atoms with Gasteiger partial charge in [0.2, 0.25) is 0 Å². The number of anilines is 1. The first kappa shape index (κ1) is 26.9. The van der Waals surface area contributed by atoms with Crippen molar-refractivity contribution in [3.63, 3.8) is 0 Å². The third kappa shape index (κ3) is 5.54. The molecule has 0 spiro atoms. The van der Waals surface area contributed by atoms with Crippen molar-refractivity contribution in [3.05, 3.63) is 112 Å². The first-order valence-electron chi connectivity index (χ1n) is 12.6. The van der Waals surface area contributed by atoms with Gasteiger partial charge in [0.15, 0.2) is 5.11 Å². The van der Waals surface area contributed by atoms with Crippen molar-refractivity contribution in [1.82, 2.24) is 14.9 Å². The Morgan fingerprint density at radius 1 is 1.08 bits per heavy atom. The molecule has 10 heteroatoms. The third-order valence-electron chi connectivity index (χ3n) is 6.95. The molecule has 0 aliphatic carbocycles. The maximum atomic E-state index is 11.0. The monoisotopic (exact) mass is 559 g/mol. The minimum Gasteiger partial charge on any atom is -0.383 e. The fraction of sp³-hybridized carbons (Fsp3) is 0.241. The van der Waals surface area contributed by atoms with Crippen LogP contribution in [0.5, 0.6) is 0 Å². The molecule has 5 rings (SSSR count). The molecule has 39 heavy (non-hydrogen) atoms. The number of aryl methyl sites for hydroxylation is 1. The lowest BCUT2D eigenvalue weighted by molar-refractivity contribution is -0.384. The zero-order chi connectivity index (χ0) is 27.5. The molecule has 1 fully saturated rings. The van der Waals surface area contributed by atoms with Crippen LogP contribution < -0.4 is 10.2 Å². The van der Waals surface area contributed by atoms with Crippen LogP contribution in [0.15, 0.2) is 88.8 Å². The lowest BCUT2D eigenvalue weighted by Gasteiger charge is -2.28. The molecule has 3 heterocycles. The number of aromatic nitrogens is 2. The second kappa shape index (κ2) is 11.6. The van der Waals surface area contributed by atoms with Gasteiger partial charge in [-0.1, -0.05) is 17.8 Å². The molecule has 0 amide bonds. The van der Waals surface area contributed by atoms with E-state index in [1.54, 1.807) is 31.0 Å². The van der Waals surface area contributed by atoms with Gasteiger partial charge in [0.05, 0.1) is 29.3 Å². The Labute approximate surface area is 237 Å². The van der Waals surface area contributed by atoms with Crippen LogP contribution in [-0.2, 0) is 11.3 Å². The summed E-state index contributed by atoms with van der Waals surface area (Å²) in [7, 11) is 1.72. The highest BCUT2D eigenvalue weighted by Gasteiger charge is 2.42. The van der Waals surface area contributed by atoms with Gasteiger partial charge in [-0.25, -0.2) is 0 Å². The van der Waals surface area contributed by atoms with Gasteiger partial charge in [-0.15, -0.1) is 0 Å². The minimum absolute atomic E-state index is 0.0832. The molecule has 1 aliphatic heterocycles. The smallest absolute Gasteiger partial charge is 0.269 e. The van der Waals surface area contributed by atoms with E-state index in [0.717, 1.165) is 27.7 Å². The number of rotatable bonds is 9. The van der Waals surface area contributed by atoms with E-state index in [4.69, 9.17) is 17.0 Å². The van der Waals surface area contributed by atoms with Crippen molar-refractivity contribution < 1.29 is 9.66 Å². The number of hydrogen-bond donors (Lipinski definition) is 1. The molecule has 2 atom stereocenters. The molecule has 0 unspecified atom stereocenters. The fourth-order valence-corrected chi connectivity index (χ4v) is 6.21. The van der Waals surface area contributed by atoms with E-state index in [-0.39, 0.29) is 22.7 Å². The largest absolute Gasteiger partial charge is 0.383 e. The summed E-state index contributed by atoms with van der Waals surface area (Å²) in [4.78, 5) is 19.4. The number of pyridine rings is 1.